The van der Waals surface area contributed by atoms with E-state index >= 15 is 4.39 Å². The lowest BCUT2D eigenvalue weighted by Gasteiger charge is -2.35. The Labute approximate surface area is 212 Å². The zero-order valence-corrected chi connectivity index (χ0v) is 20.6. The van der Waals surface area contributed by atoms with Crippen molar-refractivity contribution in [1.29, 1.82) is 0 Å². The van der Waals surface area contributed by atoms with Gasteiger partial charge in [-0.15, -0.1) is 0 Å². The quantitative estimate of drug-likeness (QED) is 0.446. The zero-order valence-electron chi connectivity index (χ0n) is 20.6. The number of benzene rings is 2. The number of carbonyl (C=O) groups is 1. The zero-order chi connectivity index (χ0) is 26.5. The molecule has 0 saturated carbocycles. The molecule has 0 radical (unpaired) electrons. The molecule has 1 amide bonds. The molecule has 0 bridgehead atoms. The Balaban J connectivity index is 1.46. The van der Waals surface area contributed by atoms with E-state index in [1.807, 2.05) is 4.90 Å². The molecule has 1 atom stereocenters. The first-order chi connectivity index (χ1) is 17.9. The number of ether oxygens (including phenoxy) is 2. The summed E-state index contributed by atoms with van der Waals surface area (Å²) in [6, 6.07) is 6.88. The van der Waals surface area contributed by atoms with E-state index in [1.54, 1.807) is 17.0 Å². The average Bonchev–Trinajstić information content (AvgIpc) is 2.91. The van der Waals surface area contributed by atoms with Crippen molar-refractivity contribution in [3.63, 3.8) is 0 Å². The third-order valence-electron chi connectivity index (χ3n) is 6.35. The van der Waals surface area contributed by atoms with Crippen molar-refractivity contribution >= 4 is 28.6 Å². The number of anilines is 2. The van der Waals surface area contributed by atoms with Gasteiger partial charge in [-0.05, 0) is 23.8 Å². The van der Waals surface area contributed by atoms with Gasteiger partial charge in [-0.2, -0.15) is 4.98 Å². The number of aromatic nitrogens is 2. The number of nitrogens with zero attached hydrogens (tertiary/aromatic N) is 4. The van der Waals surface area contributed by atoms with Crippen LogP contribution < -0.4 is 25.4 Å². The number of hydrogen-bond donors (Lipinski definition) is 2. The molecule has 0 unspecified atom stereocenters. The van der Waals surface area contributed by atoms with Crippen LogP contribution in [0.4, 0.5) is 24.9 Å². The molecule has 1 aromatic heterocycles. The van der Waals surface area contributed by atoms with Crippen LogP contribution >= 0.6 is 0 Å². The molecular formula is C25H29F3N6O3. The van der Waals surface area contributed by atoms with Gasteiger partial charge in [0.05, 0.1) is 14.2 Å². The van der Waals surface area contributed by atoms with E-state index in [1.165, 1.54) is 32.4 Å². The number of halogens is 3. The fourth-order valence-corrected chi connectivity index (χ4v) is 4.37. The number of carbonyl (C=O) groups excluding carboxylic acids is 1. The minimum absolute atomic E-state index is 0.0136. The Morgan fingerprint density at radius 3 is 2.43 bits per heavy atom. The summed E-state index contributed by atoms with van der Waals surface area (Å²) in [6.07, 6.45) is 0.0951. The standard InChI is InChI=1S/C25H29F3N6O3/c1-36-19-13-17-22(21(28)23(19)37-2)31-25(32-24(17)29)34-11-9-33(10-12-34)20(35)14-18(30-8-7-26)15-3-5-16(27)6-4-15/h3-6,13,18,30H,7-12,14H2,1-2H3,(H2,29,31,32)/t18-/m1/s1. The number of nitrogens with two attached hydrogens (primary N) is 1. The van der Waals surface area contributed by atoms with Gasteiger partial charge in [-0.25, -0.2) is 18.2 Å². The highest BCUT2D eigenvalue weighted by atomic mass is 19.1. The molecule has 2 aromatic carbocycles. The maximum Gasteiger partial charge on any atom is 0.228 e. The first-order valence-electron chi connectivity index (χ1n) is 11.8. The molecule has 0 aliphatic carbocycles. The third-order valence-corrected chi connectivity index (χ3v) is 6.35. The number of methoxy groups -OCH3 is 2. The number of piperazine rings is 1. The van der Waals surface area contributed by atoms with Crippen molar-refractivity contribution in [3.05, 3.63) is 47.5 Å². The first-order valence-corrected chi connectivity index (χ1v) is 11.8. The van der Waals surface area contributed by atoms with Gasteiger partial charge < -0.3 is 30.3 Å². The van der Waals surface area contributed by atoms with Gasteiger partial charge >= 0.3 is 0 Å². The highest BCUT2D eigenvalue weighted by Gasteiger charge is 2.27. The average molecular weight is 519 g/mol. The van der Waals surface area contributed by atoms with E-state index in [4.69, 9.17) is 15.2 Å². The monoisotopic (exact) mass is 518 g/mol. The summed E-state index contributed by atoms with van der Waals surface area (Å²) in [4.78, 5) is 25.3. The molecule has 1 saturated heterocycles. The second-order valence-corrected chi connectivity index (χ2v) is 8.55. The number of amides is 1. The predicted octanol–water partition coefficient (Wildman–Crippen LogP) is 2.85. The summed E-state index contributed by atoms with van der Waals surface area (Å²) < 4.78 is 51.5. The van der Waals surface area contributed by atoms with Crippen molar-refractivity contribution in [2.45, 2.75) is 12.5 Å². The molecule has 1 aliphatic rings. The minimum Gasteiger partial charge on any atom is -0.493 e. The minimum atomic E-state index is -0.700. The molecule has 37 heavy (non-hydrogen) atoms. The summed E-state index contributed by atoms with van der Waals surface area (Å²) in [5.74, 6) is -0.758. The van der Waals surface area contributed by atoms with Crippen LogP contribution in [0.25, 0.3) is 10.9 Å². The van der Waals surface area contributed by atoms with Gasteiger partial charge in [0.1, 0.15) is 23.8 Å². The Morgan fingerprint density at radius 2 is 1.81 bits per heavy atom. The SMILES string of the molecule is COc1cc2c(N)nc(N3CCN(C(=O)C[C@@H](NCCF)c4ccc(F)cc4)CC3)nc2c(F)c1OC. The van der Waals surface area contributed by atoms with Crippen molar-refractivity contribution in [1.82, 2.24) is 20.2 Å². The van der Waals surface area contributed by atoms with Crippen LogP contribution in [0.1, 0.15) is 18.0 Å². The molecule has 1 fully saturated rings. The number of fused-ring (bicyclic) bond motifs is 1. The Bertz CT molecular complexity index is 1250. The smallest absolute Gasteiger partial charge is 0.228 e. The van der Waals surface area contributed by atoms with Crippen molar-refractivity contribution in [2.24, 2.45) is 0 Å². The van der Waals surface area contributed by atoms with Gasteiger partial charge in [-0.1, -0.05) is 12.1 Å². The van der Waals surface area contributed by atoms with Gasteiger partial charge in [0.15, 0.2) is 17.3 Å². The summed E-state index contributed by atoms with van der Waals surface area (Å²) >= 11 is 0. The van der Waals surface area contributed by atoms with Crippen LogP contribution in [0.5, 0.6) is 11.5 Å². The molecule has 3 N–H and O–H groups in total. The van der Waals surface area contributed by atoms with E-state index < -0.39 is 18.5 Å². The molecule has 3 aromatic rings. The maximum atomic E-state index is 15.1. The molecule has 0 spiro atoms. The van der Waals surface area contributed by atoms with E-state index in [2.05, 4.69) is 15.3 Å². The van der Waals surface area contributed by atoms with Crippen LogP contribution in [-0.2, 0) is 4.79 Å². The first kappa shape index (κ1) is 26.3. The Kier molecular flexibility index (Phi) is 8.17. The highest BCUT2D eigenvalue weighted by Crippen LogP contribution is 2.37. The predicted molar refractivity (Wildman–Crippen MR) is 134 cm³/mol. The number of alkyl halides is 1. The normalized spacial score (nSPS) is 14.6. The number of rotatable bonds is 9. The lowest BCUT2D eigenvalue weighted by molar-refractivity contribution is -0.132. The molecule has 198 valence electrons. The Hall–Kier alpha value is -3.80. The second-order valence-electron chi connectivity index (χ2n) is 8.55. The largest absolute Gasteiger partial charge is 0.493 e. The summed E-state index contributed by atoms with van der Waals surface area (Å²) in [5, 5.41) is 3.32. The lowest BCUT2D eigenvalue weighted by atomic mass is 10.0. The van der Waals surface area contributed by atoms with E-state index in [0.717, 1.165) is 0 Å². The molecular weight excluding hydrogens is 489 g/mol. The van der Waals surface area contributed by atoms with Crippen molar-refractivity contribution in [3.8, 4) is 11.5 Å². The van der Waals surface area contributed by atoms with Gasteiger partial charge in [-0.3, -0.25) is 4.79 Å². The Morgan fingerprint density at radius 1 is 1.11 bits per heavy atom. The number of nitrogen functional groups attached to an aromatic ring is 1. The summed E-state index contributed by atoms with van der Waals surface area (Å²) in [7, 11) is 2.73. The molecule has 9 nitrogen and oxygen atoms in total. The number of hydrogen-bond acceptors (Lipinski definition) is 8. The lowest BCUT2D eigenvalue weighted by Crippen LogP contribution is -2.50. The number of nitrogens with one attached hydrogen (secondary N) is 1. The van der Waals surface area contributed by atoms with E-state index in [-0.39, 0.29) is 53.5 Å². The molecule has 1 aliphatic heterocycles. The van der Waals surface area contributed by atoms with Gasteiger partial charge in [0, 0.05) is 50.6 Å². The fourth-order valence-electron chi connectivity index (χ4n) is 4.37. The maximum absolute atomic E-state index is 15.1. The molecule has 12 heteroatoms. The van der Waals surface area contributed by atoms with Crippen LogP contribution in [0.2, 0.25) is 0 Å². The van der Waals surface area contributed by atoms with Crippen LogP contribution in [-0.4, -0.2) is 74.4 Å². The fraction of sp³-hybridized carbons (Fsp3) is 0.400. The van der Waals surface area contributed by atoms with E-state index in [0.29, 0.717) is 37.1 Å². The third kappa shape index (κ3) is 5.63. The van der Waals surface area contributed by atoms with Crippen LogP contribution in [0.3, 0.4) is 0 Å². The summed E-state index contributed by atoms with van der Waals surface area (Å²) in [6.45, 7) is 1.08. The van der Waals surface area contributed by atoms with Crippen LogP contribution in [0.15, 0.2) is 30.3 Å². The topological polar surface area (TPSA) is 106 Å². The summed E-state index contributed by atoms with van der Waals surface area (Å²) in [5.41, 5.74) is 6.84. The molecule has 4 rings (SSSR count). The highest BCUT2D eigenvalue weighted by molar-refractivity contribution is 5.92. The van der Waals surface area contributed by atoms with Gasteiger partial charge in [0.2, 0.25) is 11.9 Å². The van der Waals surface area contributed by atoms with Gasteiger partial charge in [0.25, 0.3) is 0 Å². The van der Waals surface area contributed by atoms with E-state index in [9.17, 15) is 13.6 Å². The van der Waals surface area contributed by atoms with Crippen molar-refractivity contribution < 1.29 is 27.4 Å². The molecule has 2 heterocycles. The van der Waals surface area contributed by atoms with Crippen molar-refractivity contribution in [2.75, 3.05) is 64.3 Å². The van der Waals surface area contributed by atoms with Crippen LogP contribution in [0, 0.1) is 11.6 Å². The second kappa shape index (κ2) is 11.5.